The Balaban J connectivity index is 1.24. The van der Waals surface area contributed by atoms with Gasteiger partial charge in [0.2, 0.25) is 0 Å². The molecule has 13 nitrogen and oxygen atoms in total. The predicted molar refractivity (Wildman–Crippen MR) is 282 cm³/mol. The predicted octanol–water partition coefficient (Wildman–Crippen LogP) is 9.61. The Hall–Kier alpha value is -4.58. The van der Waals surface area contributed by atoms with Gasteiger partial charge in [-0.05, 0) is 106 Å². The Morgan fingerprint density at radius 3 is 1.63 bits per heavy atom. The molecule has 0 bridgehead atoms. The van der Waals surface area contributed by atoms with E-state index in [1.54, 1.807) is 79.9 Å². The van der Waals surface area contributed by atoms with Crippen LogP contribution in [0, 0.1) is 0 Å². The highest BCUT2D eigenvalue weighted by atomic mass is 32.2. The number of carbonyl (C=O) groups excluding carboxylic acids is 4. The number of fused-ring (bicyclic) bond motifs is 4. The molecule has 70 heavy (non-hydrogen) atoms. The van der Waals surface area contributed by atoms with E-state index in [0.29, 0.717) is 55.3 Å². The maximum absolute atomic E-state index is 14.7. The van der Waals surface area contributed by atoms with Gasteiger partial charge in [0.05, 0.1) is 70.5 Å². The number of anilines is 2. The number of carbonyl (C=O) groups is 4. The van der Waals surface area contributed by atoms with Gasteiger partial charge in [-0.2, -0.15) is 0 Å². The molecule has 0 saturated heterocycles. The van der Waals surface area contributed by atoms with Gasteiger partial charge in [0.1, 0.15) is 11.0 Å². The average Bonchev–Trinajstić information content (AvgIpc) is 3.28. The maximum atomic E-state index is 14.7. The fourth-order valence-corrected chi connectivity index (χ4v) is 11.1. The van der Waals surface area contributed by atoms with Crippen molar-refractivity contribution in [1.29, 1.82) is 0 Å². The molecule has 0 aromatic heterocycles. The van der Waals surface area contributed by atoms with Crippen LogP contribution in [0.5, 0.6) is 0 Å². The average molecular weight is 997 g/mol. The molecule has 4 unspecified atom stereocenters. The van der Waals surface area contributed by atoms with E-state index in [-0.39, 0.29) is 103 Å². The third-order valence-corrected chi connectivity index (χ3v) is 14.5. The molecular formula is C55H72N4O9S2. The Bertz CT molecular complexity index is 2590. The van der Waals surface area contributed by atoms with Crippen LogP contribution in [0.15, 0.2) is 72.8 Å². The van der Waals surface area contributed by atoms with E-state index >= 15 is 0 Å². The van der Waals surface area contributed by atoms with Gasteiger partial charge in [-0.3, -0.25) is 19.2 Å². The third kappa shape index (κ3) is 13.1. The molecule has 4 aromatic rings. The number of rotatable bonds is 26. The first-order valence-electron chi connectivity index (χ1n) is 24.2. The standard InChI is InChI=1S/C55H72N4O9S2/c1-33(2)67-54(8,9)31-34(3)56-26-30-70(64)59-44-24-22-38(46-48(44)52(63)42-20-16-14-18-40(42)50(46)61)37-21-23-43(47-45(37)49(60)39-17-13-15-19-41(39)51(47)62)58-69-29-25-57-36(5)55(10,11)68-35(4)32-53(6,7)66-28-27-65-12/h13-24,33-36,56-59H,25-32H2,1-12H3. The molecular weight excluding hydrogens is 925 g/mol. The van der Waals surface area contributed by atoms with Gasteiger partial charge in [-0.15, -0.1) is 0 Å². The van der Waals surface area contributed by atoms with Crippen LogP contribution in [0.3, 0.4) is 0 Å². The lowest BCUT2D eigenvalue weighted by Gasteiger charge is -2.37. The topological polar surface area (TPSA) is 170 Å². The van der Waals surface area contributed by atoms with Gasteiger partial charge in [0.15, 0.2) is 23.1 Å². The summed E-state index contributed by atoms with van der Waals surface area (Å²) in [7, 11) is 0.00756. The lowest BCUT2D eigenvalue weighted by atomic mass is 9.76. The summed E-state index contributed by atoms with van der Waals surface area (Å²) in [5.74, 6) is -0.728. The van der Waals surface area contributed by atoms with Crippen molar-refractivity contribution in [2.24, 2.45) is 0 Å². The van der Waals surface area contributed by atoms with Crippen LogP contribution in [0.25, 0.3) is 11.1 Å². The van der Waals surface area contributed by atoms with E-state index in [9.17, 15) is 23.4 Å². The minimum absolute atomic E-state index is 0.0104. The second-order valence-electron chi connectivity index (χ2n) is 20.3. The minimum Gasteiger partial charge on any atom is -0.382 e. The van der Waals surface area contributed by atoms with Gasteiger partial charge >= 0.3 is 0 Å². The molecule has 0 spiro atoms. The molecule has 0 fully saturated rings. The van der Waals surface area contributed by atoms with Crippen molar-refractivity contribution >= 4 is 57.4 Å². The van der Waals surface area contributed by atoms with Crippen molar-refractivity contribution in [1.82, 2.24) is 10.6 Å². The molecule has 4 aromatic carbocycles. The second kappa shape index (κ2) is 23.3. The Labute approximate surface area is 421 Å². The summed E-state index contributed by atoms with van der Waals surface area (Å²) in [5, 5.41) is 7.01. The first kappa shape index (κ1) is 54.7. The smallest absolute Gasteiger partial charge is 0.196 e. The zero-order valence-corrected chi connectivity index (χ0v) is 44.5. The van der Waals surface area contributed by atoms with E-state index in [4.69, 9.17) is 18.9 Å². The largest absolute Gasteiger partial charge is 0.382 e. The summed E-state index contributed by atoms with van der Waals surface area (Å²) in [6, 6.07) is 20.2. The highest BCUT2D eigenvalue weighted by molar-refractivity contribution is 8.00. The van der Waals surface area contributed by atoms with Crippen molar-refractivity contribution in [2.75, 3.05) is 54.4 Å². The summed E-state index contributed by atoms with van der Waals surface area (Å²) in [6.45, 7) is 24.6. The summed E-state index contributed by atoms with van der Waals surface area (Å²) >= 11 is 1.39. The van der Waals surface area contributed by atoms with E-state index in [1.807, 2.05) is 27.7 Å². The number of ketones is 4. The molecule has 0 radical (unpaired) electrons. The molecule has 2 aliphatic carbocycles. The Morgan fingerprint density at radius 2 is 1.10 bits per heavy atom. The highest BCUT2D eigenvalue weighted by Gasteiger charge is 2.39. The van der Waals surface area contributed by atoms with Crippen molar-refractivity contribution < 1.29 is 42.3 Å². The van der Waals surface area contributed by atoms with Gasteiger partial charge < -0.3 is 39.0 Å². The van der Waals surface area contributed by atoms with E-state index in [0.717, 1.165) is 6.42 Å². The first-order valence-corrected chi connectivity index (χ1v) is 26.6. The van der Waals surface area contributed by atoms with Crippen LogP contribution in [-0.2, 0) is 29.9 Å². The fraction of sp³-hybridized carbons (Fsp3) is 0.491. The normalized spacial score (nSPS) is 15.5. The molecule has 15 heteroatoms. The van der Waals surface area contributed by atoms with Crippen LogP contribution in [0.2, 0.25) is 0 Å². The van der Waals surface area contributed by atoms with Gasteiger partial charge in [0, 0.05) is 77.8 Å². The van der Waals surface area contributed by atoms with Crippen LogP contribution in [0.4, 0.5) is 11.4 Å². The zero-order valence-electron chi connectivity index (χ0n) is 42.9. The van der Waals surface area contributed by atoms with Crippen molar-refractivity contribution in [3.8, 4) is 11.1 Å². The van der Waals surface area contributed by atoms with E-state index in [2.05, 4.69) is 68.5 Å². The van der Waals surface area contributed by atoms with E-state index < -0.39 is 28.2 Å². The number of methoxy groups -OCH3 is 1. The van der Waals surface area contributed by atoms with E-state index in [1.165, 1.54) is 11.9 Å². The highest BCUT2D eigenvalue weighted by Crippen LogP contribution is 2.44. The van der Waals surface area contributed by atoms with Crippen LogP contribution in [0.1, 0.15) is 153 Å². The summed E-state index contributed by atoms with van der Waals surface area (Å²) in [5.41, 5.74) is 1.55. The van der Waals surface area contributed by atoms with Crippen molar-refractivity contribution in [3.63, 3.8) is 0 Å². The molecule has 6 rings (SSSR count). The van der Waals surface area contributed by atoms with Gasteiger partial charge in [-0.25, -0.2) is 4.21 Å². The first-order chi connectivity index (χ1) is 33.1. The lowest BCUT2D eigenvalue weighted by Crippen LogP contribution is -2.49. The monoisotopic (exact) mass is 996 g/mol. The lowest BCUT2D eigenvalue weighted by molar-refractivity contribution is -0.121. The second-order valence-corrected chi connectivity index (χ2v) is 22.5. The maximum Gasteiger partial charge on any atom is 0.196 e. The van der Waals surface area contributed by atoms with Crippen molar-refractivity contribution in [2.45, 2.75) is 130 Å². The summed E-state index contributed by atoms with van der Waals surface area (Å²) < 4.78 is 43.8. The number of hydrogen-bond acceptors (Lipinski definition) is 13. The SMILES string of the molecule is COCCOC(C)(C)CC(C)OC(C)(C)C(C)NCCSNc1ccc(-c2ccc(NS(=O)CCNC(C)CC(C)(C)OC(C)C)c3c2C(=O)c2ccccc2C3=O)c2c1C(=O)c1ccccc1C2=O. The number of ether oxygens (including phenoxy) is 4. The van der Waals surface area contributed by atoms with Crippen LogP contribution < -0.4 is 20.1 Å². The summed E-state index contributed by atoms with van der Waals surface area (Å²) in [6.07, 6.45) is 1.48. The minimum atomic E-state index is -1.65. The number of benzene rings is 4. The fourth-order valence-electron chi connectivity index (χ4n) is 9.65. The molecule has 0 amide bonds. The van der Waals surface area contributed by atoms with Gasteiger partial charge in [-0.1, -0.05) is 72.6 Å². The molecule has 4 N–H and O–H groups in total. The van der Waals surface area contributed by atoms with Crippen molar-refractivity contribution in [3.05, 3.63) is 117 Å². The zero-order chi connectivity index (χ0) is 51.1. The molecule has 0 aliphatic heterocycles. The Kier molecular flexibility index (Phi) is 18.2. The number of nitrogens with one attached hydrogen (secondary N) is 4. The molecule has 0 saturated carbocycles. The molecule has 4 atom stereocenters. The number of hydrogen-bond donors (Lipinski definition) is 4. The molecule has 2 aliphatic rings. The molecule has 0 heterocycles. The Morgan fingerprint density at radius 1 is 0.586 bits per heavy atom. The van der Waals surface area contributed by atoms with Gasteiger partial charge in [0.25, 0.3) is 0 Å². The summed E-state index contributed by atoms with van der Waals surface area (Å²) in [4.78, 5) is 58.5. The quantitative estimate of drug-likeness (QED) is 0.0300. The van der Waals surface area contributed by atoms with Crippen LogP contribution >= 0.6 is 11.9 Å². The third-order valence-electron chi connectivity index (χ3n) is 12.7. The molecule has 378 valence electrons. The van der Waals surface area contributed by atoms with Crippen LogP contribution in [-0.4, -0.2) is 113 Å².